The Balaban J connectivity index is 2.11. The van der Waals surface area contributed by atoms with E-state index in [1.54, 1.807) is 19.2 Å². The number of aliphatic hydroxyl groups is 1. The van der Waals surface area contributed by atoms with Crippen LogP contribution in [0.3, 0.4) is 0 Å². The monoisotopic (exact) mass is 210 g/mol. The Kier molecular flexibility index (Phi) is 2.86. The summed E-state index contributed by atoms with van der Waals surface area (Å²) in [5, 5.41) is 9.45. The summed E-state index contributed by atoms with van der Waals surface area (Å²) in [5.74, 6) is 0.343. The van der Waals surface area contributed by atoms with Gasteiger partial charge in [0.25, 0.3) is 0 Å². The largest absolute Gasteiger partial charge is 0.393 e. The fraction of sp³-hybridized carbons (Fsp3) is 0.545. The molecule has 0 saturated carbocycles. The predicted molar refractivity (Wildman–Crippen MR) is 56.2 cm³/mol. The molecule has 15 heavy (non-hydrogen) atoms. The Bertz CT molecular complexity index is 343. The molecular formula is C11H15FN2O. The number of nitrogens with zero attached hydrogens (tertiary/aromatic N) is 2. The van der Waals surface area contributed by atoms with Gasteiger partial charge in [0.05, 0.1) is 6.10 Å². The van der Waals surface area contributed by atoms with Gasteiger partial charge in [-0.2, -0.15) is 0 Å². The van der Waals surface area contributed by atoms with E-state index in [9.17, 15) is 9.50 Å². The predicted octanol–water partition coefficient (Wildman–Crippen LogP) is 1.43. The molecule has 3 nitrogen and oxygen atoms in total. The highest BCUT2D eigenvalue weighted by Crippen LogP contribution is 2.25. The van der Waals surface area contributed by atoms with Gasteiger partial charge < -0.3 is 10.0 Å². The summed E-state index contributed by atoms with van der Waals surface area (Å²) >= 11 is 0. The molecule has 4 heteroatoms. The SMILES string of the molecule is CC(O)C1CCN(c2ncccc2F)C1. The molecule has 0 amide bonds. The molecule has 0 aromatic carbocycles. The van der Waals surface area contributed by atoms with Crippen LogP contribution in [0.4, 0.5) is 10.2 Å². The molecule has 2 rings (SSSR count). The van der Waals surface area contributed by atoms with Crippen LogP contribution in [0.15, 0.2) is 18.3 Å². The van der Waals surface area contributed by atoms with E-state index in [1.165, 1.54) is 6.07 Å². The minimum Gasteiger partial charge on any atom is -0.393 e. The van der Waals surface area contributed by atoms with Crippen molar-refractivity contribution in [1.82, 2.24) is 4.98 Å². The maximum Gasteiger partial charge on any atom is 0.165 e. The first-order valence-electron chi connectivity index (χ1n) is 5.22. The summed E-state index contributed by atoms with van der Waals surface area (Å²) in [5.41, 5.74) is 0. The highest BCUT2D eigenvalue weighted by molar-refractivity contribution is 5.40. The lowest BCUT2D eigenvalue weighted by atomic mass is 10.0. The number of rotatable bonds is 2. The zero-order valence-electron chi connectivity index (χ0n) is 8.73. The number of halogens is 1. The van der Waals surface area contributed by atoms with Crippen molar-refractivity contribution >= 4 is 5.82 Å². The minimum absolute atomic E-state index is 0.228. The fourth-order valence-electron chi connectivity index (χ4n) is 1.98. The smallest absolute Gasteiger partial charge is 0.165 e. The highest BCUT2D eigenvalue weighted by atomic mass is 19.1. The van der Waals surface area contributed by atoms with Gasteiger partial charge >= 0.3 is 0 Å². The van der Waals surface area contributed by atoms with E-state index in [1.807, 2.05) is 4.90 Å². The lowest BCUT2D eigenvalue weighted by Crippen LogP contribution is -2.25. The molecule has 1 N–H and O–H groups in total. The number of hydrogen-bond donors (Lipinski definition) is 1. The number of aliphatic hydroxyl groups excluding tert-OH is 1. The van der Waals surface area contributed by atoms with Crippen LogP contribution in [0, 0.1) is 11.7 Å². The first-order valence-corrected chi connectivity index (χ1v) is 5.22. The molecule has 2 atom stereocenters. The topological polar surface area (TPSA) is 36.4 Å². The van der Waals surface area contributed by atoms with Gasteiger partial charge in [0.15, 0.2) is 11.6 Å². The van der Waals surface area contributed by atoms with Gasteiger partial charge in [-0.3, -0.25) is 0 Å². The second-order valence-electron chi connectivity index (χ2n) is 4.04. The normalized spacial score (nSPS) is 23.1. The second-order valence-corrected chi connectivity index (χ2v) is 4.04. The van der Waals surface area contributed by atoms with Crippen LogP contribution in [0.25, 0.3) is 0 Å². The molecule has 2 unspecified atom stereocenters. The Morgan fingerprint density at radius 2 is 2.47 bits per heavy atom. The molecule has 1 fully saturated rings. The van der Waals surface area contributed by atoms with E-state index in [2.05, 4.69) is 4.98 Å². The average molecular weight is 210 g/mol. The van der Waals surface area contributed by atoms with Crippen LogP contribution in [0.1, 0.15) is 13.3 Å². The lowest BCUT2D eigenvalue weighted by molar-refractivity contribution is 0.136. The van der Waals surface area contributed by atoms with Crippen molar-refractivity contribution in [3.63, 3.8) is 0 Å². The van der Waals surface area contributed by atoms with E-state index in [0.717, 1.165) is 13.0 Å². The molecular weight excluding hydrogens is 195 g/mol. The second kappa shape index (κ2) is 4.14. The summed E-state index contributed by atoms with van der Waals surface area (Å²) in [7, 11) is 0. The molecule has 0 bridgehead atoms. The molecule has 1 aliphatic rings. The van der Waals surface area contributed by atoms with E-state index in [4.69, 9.17) is 0 Å². The van der Waals surface area contributed by atoms with Crippen molar-refractivity contribution in [2.45, 2.75) is 19.4 Å². The van der Waals surface area contributed by atoms with E-state index >= 15 is 0 Å². The van der Waals surface area contributed by atoms with Gasteiger partial charge in [-0.05, 0) is 25.5 Å². The van der Waals surface area contributed by atoms with Crippen LogP contribution in [-0.2, 0) is 0 Å². The molecule has 1 aliphatic heterocycles. The Labute approximate surface area is 88.6 Å². The van der Waals surface area contributed by atoms with Gasteiger partial charge in [0.2, 0.25) is 0 Å². The van der Waals surface area contributed by atoms with Crippen LogP contribution in [-0.4, -0.2) is 29.3 Å². The molecule has 0 radical (unpaired) electrons. The molecule has 2 heterocycles. The molecule has 0 aliphatic carbocycles. The van der Waals surface area contributed by atoms with E-state index in [0.29, 0.717) is 12.4 Å². The molecule has 0 spiro atoms. The van der Waals surface area contributed by atoms with Gasteiger partial charge in [-0.15, -0.1) is 0 Å². The first kappa shape index (κ1) is 10.4. The number of aromatic nitrogens is 1. The zero-order valence-corrected chi connectivity index (χ0v) is 8.73. The molecule has 1 saturated heterocycles. The van der Waals surface area contributed by atoms with Crippen LogP contribution in [0.2, 0.25) is 0 Å². The molecule has 82 valence electrons. The minimum atomic E-state index is -0.332. The summed E-state index contributed by atoms with van der Waals surface area (Å²) in [4.78, 5) is 5.92. The average Bonchev–Trinajstić information content (AvgIpc) is 2.67. The third-order valence-electron chi connectivity index (χ3n) is 2.95. The summed E-state index contributed by atoms with van der Waals surface area (Å²) in [6, 6.07) is 3.00. The van der Waals surface area contributed by atoms with Crippen LogP contribution in [0.5, 0.6) is 0 Å². The van der Waals surface area contributed by atoms with Gasteiger partial charge in [-0.1, -0.05) is 0 Å². The maximum atomic E-state index is 13.4. The fourth-order valence-corrected chi connectivity index (χ4v) is 1.98. The van der Waals surface area contributed by atoms with Gasteiger partial charge in [-0.25, -0.2) is 9.37 Å². The lowest BCUT2D eigenvalue weighted by Gasteiger charge is -2.18. The van der Waals surface area contributed by atoms with Gasteiger partial charge in [0, 0.05) is 25.2 Å². The van der Waals surface area contributed by atoms with Crippen molar-refractivity contribution < 1.29 is 9.50 Å². The highest BCUT2D eigenvalue weighted by Gasteiger charge is 2.27. The third kappa shape index (κ3) is 2.09. The van der Waals surface area contributed by atoms with Crippen molar-refractivity contribution in [2.24, 2.45) is 5.92 Å². The van der Waals surface area contributed by atoms with E-state index < -0.39 is 0 Å². The van der Waals surface area contributed by atoms with Crippen molar-refractivity contribution in [3.8, 4) is 0 Å². The molecule has 1 aromatic rings. The van der Waals surface area contributed by atoms with Crippen LogP contribution < -0.4 is 4.90 Å². The summed E-state index contributed by atoms with van der Waals surface area (Å²) in [6.07, 6.45) is 2.16. The zero-order chi connectivity index (χ0) is 10.8. The third-order valence-corrected chi connectivity index (χ3v) is 2.95. The number of pyridine rings is 1. The first-order chi connectivity index (χ1) is 7.18. The molecule has 1 aromatic heterocycles. The quantitative estimate of drug-likeness (QED) is 0.802. The van der Waals surface area contributed by atoms with Crippen molar-refractivity contribution in [2.75, 3.05) is 18.0 Å². The maximum absolute atomic E-state index is 13.4. The summed E-state index contributed by atoms with van der Waals surface area (Å²) < 4.78 is 13.4. The van der Waals surface area contributed by atoms with Crippen LogP contribution >= 0.6 is 0 Å². The standard InChI is InChI=1S/C11H15FN2O/c1-8(15)9-4-6-14(7-9)11-10(12)3-2-5-13-11/h2-3,5,8-9,15H,4,6-7H2,1H3. The Hall–Kier alpha value is -1.16. The van der Waals surface area contributed by atoms with Gasteiger partial charge in [0.1, 0.15) is 0 Å². The van der Waals surface area contributed by atoms with Crippen molar-refractivity contribution in [3.05, 3.63) is 24.1 Å². The van der Waals surface area contributed by atoms with E-state index in [-0.39, 0.29) is 17.8 Å². The summed E-state index contributed by atoms with van der Waals surface area (Å²) in [6.45, 7) is 3.23. The number of hydrogen-bond acceptors (Lipinski definition) is 3. The Morgan fingerprint density at radius 3 is 3.07 bits per heavy atom. The van der Waals surface area contributed by atoms with Crippen molar-refractivity contribution in [1.29, 1.82) is 0 Å². The number of anilines is 1. The Morgan fingerprint density at radius 1 is 1.67 bits per heavy atom.